The van der Waals surface area contributed by atoms with Crippen LogP contribution in [0.1, 0.15) is 19.3 Å². The molecule has 3 rings (SSSR count). The number of benzene rings is 1. The molecule has 1 aromatic rings. The molecular formula is C17H25ClN2O3S. The number of para-hydroxylation sites is 1. The maximum atomic E-state index is 11.6. The number of sulfone groups is 1. The molecule has 0 unspecified atom stereocenters. The lowest BCUT2D eigenvalue weighted by molar-refractivity contribution is -0.00323. The van der Waals surface area contributed by atoms with E-state index in [-0.39, 0.29) is 11.5 Å². The quantitative estimate of drug-likeness (QED) is 0.876. The lowest BCUT2D eigenvalue weighted by atomic mass is 9.96. The van der Waals surface area contributed by atoms with Gasteiger partial charge in [-0.05, 0) is 31.4 Å². The van der Waals surface area contributed by atoms with E-state index in [9.17, 15) is 13.5 Å². The second kappa shape index (κ2) is 7.20. The van der Waals surface area contributed by atoms with Gasteiger partial charge in [0.25, 0.3) is 0 Å². The number of halogens is 1. The molecule has 2 aliphatic rings. The number of nitrogens with zero attached hydrogens (tertiary/aromatic N) is 2. The second-order valence-corrected chi connectivity index (χ2v) is 9.66. The van der Waals surface area contributed by atoms with Crippen LogP contribution in [0.4, 0.5) is 5.69 Å². The van der Waals surface area contributed by atoms with Gasteiger partial charge in [-0.25, -0.2) is 8.42 Å². The van der Waals surface area contributed by atoms with Gasteiger partial charge in [0.05, 0.1) is 27.8 Å². The van der Waals surface area contributed by atoms with Gasteiger partial charge < -0.3 is 10.0 Å². The van der Waals surface area contributed by atoms with Crippen LogP contribution in [-0.4, -0.2) is 68.3 Å². The normalized spacial score (nSPS) is 24.5. The topological polar surface area (TPSA) is 60.9 Å². The Balaban J connectivity index is 1.59. The zero-order valence-electron chi connectivity index (χ0n) is 13.8. The molecule has 2 heterocycles. The van der Waals surface area contributed by atoms with Gasteiger partial charge in [0.1, 0.15) is 0 Å². The highest BCUT2D eigenvalue weighted by molar-refractivity contribution is 7.91. The SMILES string of the molecule is O=S1(=O)CCC(O)(CN2CCCN(c3ccccc3Cl)CC2)CC1. The summed E-state index contributed by atoms with van der Waals surface area (Å²) in [6, 6.07) is 7.87. The molecule has 0 bridgehead atoms. The fourth-order valence-corrected chi connectivity index (χ4v) is 5.41. The molecule has 24 heavy (non-hydrogen) atoms. The van der Waals surface area contributed by atoms with Gasteiger partial charge in [-0.2, -0.15) is 0 Å². The summed E-state index contributed by atoms with van der Waals surface area (Å²) in [5.74, 6) is 0.201. The molecule has 134 valence electrons. The number of β-amino-alcohol motifs (C(OH)–C–C–N with tert-alkyl or cyclic N) is 1. The van der Waals surface area contributed by atoms with Gasteiger partial charge in [-0.3, -0.25) is 4.90 Å². The highest BCUT2D eigenvalue weighted by Crippen LogP contribution is 2.28. The number of anilines is 1. The molecule has 5 nitrogen and oxygen atoms in total. The molecule has 2 aliphatic heterocycles. The predicted molar refractivity (Wildman–Crippen MR) is 97.6 cm³/mol. The van der Waals surface area contributed by atoms with E-state index in [1.165, 1.54) is 0 Å². The first-order valence-electron chi connectivity index (χ1n) is 8.52. The molecule has 0 aliphatic carbocycles. The summed E-state index contributed by atoms with van der Waals surface area (Å²) in [5.41, 5.74) is 0.189. The molecule has 0 radical (unpaired) electrons. The second-order valence-electron chi connectivity index (χ2n) is 6.94. The van der Waals surface area contributed by atoms with Gasteiger partial charge in [0.2, 0.25) is 0 Å². The average molecular weight is 373 g/mol. The van der Waals surface area contributed by atoms with E-state index >= 15 is 0 Å². The first-order chi connectivity index (χ1) is 11.4. The van der Waals surface area contributed by atoms with Crippen LogP contribution in [0, 0.1) is 0 Å². The van der Waals surface area contributed by atoms with Crippen LogP contribution in [0.15, 0.2) is 24.3 Å². The Bertz CT molecular complexity index is 666. The highest BCUT2D eigenvalue weighted by atomic mass is 35.5. The van der Waals surface area contributed by atoms with Gasteiger partial charge in [-0.15, -0.1) is 0 Å². The van der Waals surface area contributed by atoms with E-state index in [1.807, 2.05) is 24.3 Å². The third kappa shape index (κ3) is 4.42. The van der Waals surface area contributed by atoms with Crippen molar-refractivity contribution in [3.8, 4) is 0 Å². The zero-order chi connectivity index (χ0) is 17.2. The smallest absolute Gasteiger partial charge is 0.150 e. The summed E-state index contributed by atoms with van der Waals surface area (Å²) in [5, 5.41) is 11.5. The summed E-state index contributed by atoms with van der Waals surface area (Å²) < 4.78 is 23.1. The van der Waals surface area contributed by atoms with Crippen molar-refractivity contribution in [3.63, 3.8) is 0 Å². The predicted octanol–water partition coefficient (Wildman–Crippen LogP) is 1.79. The number of hydrogen-bond acceptors (Lipinski definition) is 5. The molecule has 2 fully saturated rings. The van der Waals surface area contributed by atoms with Gasteiger partial charge in [-0.1, -0.05) is 23.7 Å². The Morgan fingerprint density at radius 3 is 2.50 bits per heavy atom. The molecule has 1 N–H and O–H groups in total. The Hall–Kier alpha value is -0.820. The van der Waals surface area contributed by atoms with E-state index in [2.05, 4.69) is 9.80 Å². The fourth-order valence-electron chi connectivity index (χ4n) is 3.57. The first kappa shape index (κ1) is 18.0. The maximum Gasteiger partial charge on any atom is 0.150 e. The minimum absolute atomic E-state index is 0.100. The molecule has 0 spiro atoms. The van der Waals surface area contributed by atoms with Crippen molar-refractivity contribution >= 4 is 27.1 Å². The van der Waals surface area contributed by atoms with Crippen molar-refractivity contribution in [1.29, 1.82) is 0 Å². The summed E-state index contributed by atoms with van der Waals surface area (Å²) in [4.78, 5) is 4.55. The molecule has 0 aromatic heterocycles. The Kier molecular flexibility index (Phi) is 5.39. The molecule has 0 saturated carbocycles. The van der Waals surface area contributed by atoms with E-state index in [0.29, 0.717) is 19.4 Å². The van der Waals surface area contributed by atoms with Crippen molar-refractivity contribution < 1.29 is 13.5 Å². The number of hydrogen-bond donors (Lipinski definition) is 1. The molecule has 7 heteroatoms. The third-order valence-electron chi connectivity index (χ3n) is 5.06. The van der Waals surface area contributed by atoms with Crippen LogP contribution in [0.2, 0.25) is 5.02 Å². The van der Waals surface area contributed by atoms with E-state index < -0.39 is 15.4 Å². The van der Waals surface area contributed by atoms with Gasteiger partial charge in [0, 0.05) is 32.7 Å². The lowest BCUT2D eigenvalue weighted by Crippen LogP contribution is -2.49. The van der Waals surface area contributed by atoms with Crippen LogP contribution < -0.4 is 4.90 Å². The van der Waals surface area contributed by atoms with E-state index in [1.54, 1.807) is 0 Å². The maximum absolute atomic E-state index is 11.6. The van der Waals surface area contributed by atoms with Crippen molar-refractivity contribution in [1.82, 2.24) is 4.90 Å². The van der Waals surface area contributed by atoms with Crippen molar-refractivity contribution in [2.45, 2.75) is 24.9 Å². The van der Waals surface area contributed by atoms with Crippen LogP contribution >= 0.6 is 11.6 Å². The number of aliphatic hydroxyl groups is 1. The minimum Gasteiger partial charge on any atom is -0.388 e. The molecule has 2 saturated heterocycles. The molecule has 1 aromatic carbocycles. The first-order valence-corrected chi connectivity index (χ1v) is 10.7. The average Bonchev–Trinajstić information content (AvgIpc) is 2.77. The third-order valence-corrected chi connectivity index (χ3v) is 7.03. The van der Waals surface area contributed by atoms with Gasteiger partial charge in [0.15, 0.2) is 9.84 Å². The van der Waals surface area contributed by atoms with Crippen molar-refractivity contribution in [2.75, 3.05) is 49.1 Å². The van der Waals surface area contributed by atoms with E-state index in [4.69, 9.17) is 11.6 Å². The van der Waals surface area contributed by atoms with Crippen LogP contribution in [0.3, 0.4) is 0 Å². The van der Waals surface area contributed by atoms with Crippen LogP contribution in [0.5, 0.6) is 0 Å². The Labute approximate surface area is 149 Å². The summed E-state index contributed by atoms with van der Waals surface area (Å²) in [6.07, 6.45) is 1.69. The Morgan fingerprint density at radius 2 is 1.79 bits per heavy atom. The van der Waals surface area contributed by atoms with E-state index in [0.717, 1.165) is 43.3 Å². The van der Waals surface area contributed by atoms with Gasteiger partial charge >= 0.3 is 0 Å². The summed E-state index contributed by atoms with van der Waals surface area (Å²) in [6.45, 7) is 4.11. The molecule has 0 amide bonds. The summed E-state index contributed by atoms with van der Waals surface area (Å²) >= 11 is 6.30. The molecular weight excluding hydrogens is 348 g/mol. The minimum atomic E-state index is -2.95. The fraction of sp³-hybridized carbons (Fsp3) is 0.647. The molecule has 0 atom stereocenters. The largest absolute Gasteiger partial charge is 0.388 e. The van der Waals surface area contributed by atoms with Crippen LogP contribution in [-0.2, 0) is 9.84 Å². The zero-order valence-corrected chi connectivity index (χ0v) is 15.4. The standard InChI is InChI=1S/C17H25ClN2O3S/c18-15-4-1-2-5-16(15)20-9-3-8-19(10-11-20)14-17(21)6-12-24(22,23)13-7-17/h1-2,4-5,21H,3,6-14H2. The monoisotopic (exact) mass is 372 g/mol. The number of rotatable bonds is 3. The lowest BCUT2D eigenvalue weighted by Gasteiger charge is -2.36. The van der Waals surface area contributed by atoms with Crippen molar-refractivity contribution in [3.05, 3.63) is 29.3 Å². The highest BCUT2D eigenvalue weighted by Gasteiger charge is 2.37. The summed E-state index contributed by atoms with van der Waals surface area (Å²) in [7, 11) is -2.95. The Morgan fingerprint density at radius 1 is 1.08 bits per heavy atom. The van der Waals surface area contributed by atoms with Crippen molar-refractivity contribution in [2.24, 2.45) is 0 Å². The van der Waals surface area contributed by atoms with Crippen LogP contribution in [0.25, 0.3) is 0 Å².